The minimum Gasteiger partial charge on any atom is -0.274 e. The van der Waals surface area contributed by atoms with Gasteiger partial charge in [-0.2, -0.15) is 10.2 Å². The fourth-order valence-electron chi connectivity index (χ4n) is 0.323. The van der Waals surface area contributed by atoms with Crippen molar-refractivity contribution in [3.63, 3.8) is 0 Å². The summed E-state index contributed by atoms with van der Waals surface area (Å²) in [5, 5.41) is 6.89. The zero-order valence-electron chi connectivity index (χ0n) is 6.87. The Kier molecular flexibility index (Phi) is 5.16. The Morgan fingerprint density at radius 2 is 1.33 bits per heavy atom. The molecule has 0 aromatic heterocycles. The van der Waals surface area contributed by atoms with E-state index in [0.717, 1.165) is 0 Å². The molecule has 0 bridgehead atoms. The molecule has 0 aliphatic heterocycles. The van der Waals surface area contributed by atoms with E-state index in [9.17, 15) is 9.59 Å². The van der Waals surface area contributed by atoms with E-state index in [2.05, 4.69) is 21.1 Å². The molecule has 0 aromatic rings. The summed E-state index contributed by atoms with van der Waals surface area (Å²) in [5.41, 5.74) is 4.32. The average Bonchev–Trinajstić information content (AvgIpc) is 1.95. The minimum absolute atomic E-state index is 0.265. The molecule has 0 aliphatic rings. The molecule has 2 amide bonds. The van der Waals surface area contributed by atoms with Gasteiger partial charge in [0.1, 0.15) is 0 Å². The lowest BCUT2D eigenvalue weighted by atomic mass is 10.7. The monoisotopic (exact) mass is 170 g/mol. The Hall–Kier alpha value is -1.72. The Morgan fingerprint density at radius 3 is 1.58 bits per heavy atom. The number of hydrogen-bond acceptors (Lipinski definition) is 4. The first-order chi connectivity index (χ1) is 5.63. The van der Waals surface area contributed by atoms with Crippen LogP contribution < -0.4 is 10.9 Å². The van der Waals surface area contributed by atoms with Crippen molar-refractivity contribution in [1.82, 2.24) is 10.9 Å². The van der Waals surface area contributed by atoms with Gasteiger partial charge in [0.05, 0.1) is 12.4 Å². The van der Waals surface area contributed by atoms with Crippen LogP contribution in [-0.4, -0.2) is 24.2 Å². The van der Waals surface area contributed by atoms with Crippen LogP contribution >= 0.6 is 0 Å². The van der Waals surface area contributed by atoms with Crippen molar-refractivity contribution in [1.29, 1.82) is 0 Å². The van der Waals surface area contributed by atoms with Gasteiger partial charge in [0.25, 0.3) is 0 Å². The summed E-state index contributed by atoms with van der Waals surface area (Å²) >= 11 is 0. The number of nitrogens with one attached hydrogen (secondary N) is 2. The minimum atomic E-state index is -0.265. The average molecular weight is 170 g/mol. The quantitative estimate of drug-likeness (QED) is 0.430. The van der Waals surface area contributed by atoms with Crippen LogP contribution in [0.5, 0.6) is 0 Å². The molecule has 0 fully saturated rings. The lowest BCUT2D eigenvalue weighted by Gasteiger charge is -1.88. The molecular formula is C6H10N4O2. The second-order valence-corrected chi connectivity index (χ2v) is 1.89. The molecule has 12 heavy (non-hydrogen) atoms. The van der Waals surface area contributed by atoms with E-state index >= 15 is 0 Å². The molecule has 0 spiro atoms. The van der Waals surface area contributed by atoms with E-state index in [-0.39, 0.29) is 11.8 Å². The molecule has 0 saturated heterocycles. The van der Waals surface area contributed by atoms with Gasteiger partial charge >= 0.3 is 0 Å². The molecule has 6 nitrogen and oxygen atoms in total. The molecule has 0 atom stereocenters. The fourth-order valence-corrected chi connectivity index (χ4v) is 0.323. The predicted molar refractivity (Wildman–Crippen MR) is 44.6 cm³/mol. The van der Waals surface area contributed by atoms with E-state index < -0.39 is 0 Å². The lowest BCUT2D eigenvalue weighted by Crippen LogP contribution is -2.14. The van der Waals surface area contributed by atoms with Gasteiger partial charge in [0.15, 0.2) is 0 Å². The van der Waals surface area contributed by atoms with Crippen molar-refractivity contribution in [2.75, 3.05) is 0 Å². The first-order valence-electron chi connectivity index (χ1n) is 3.21. The van der Waals surface area contributed by atoms with Crippen LogP contribution in [-0.2, 0) is 9.59 Å². The highest BCUT2D eigenvalue weighted by Gasteiger charge is 1.82. The van der Waals surface area contributed by atoms with Crippen LogP contribution in [0.1, 0.15) is 13.8 Å². The van der Waals surface area contributed by atoms with Gasteiger partial charge < -0.3 is 0 Å². The van der Waals surface area contributed by atoms with Crippen molar-refractivity contribution in [3.8, 4) is 0 Å². The Morgan fingerprint density at radius 1 is 1.00 bits per heavy atom. The van der Waals surface area contributed by atoms with Crippen LogP contribution in [0.3, 0.4) is 0 Å². The van der Waals surface area contributed by atoms with Crippen LogP contribution in [0.2, 0.25) is 0 Å². The summed E-state index contributed by atoms with van der Waals surface area (Å²) in [6.45, 7) is 2.67. The van der Waals surface area contributed by atoms with E-state index in [1.165, 1.54) is 26.3 Å². The topological polar surface area (TPSA) is 82.9 Å². The van der Waals surface area contributed by atoms with E-state index in [1.54, 1.807) is 0 Å². The maximum absolute atomic E-state index is 10.2. The Balaban J connectivity index is 3.52. The Labute approximate surface area is 69.7 Å². The number of amides is 2. The lowest BCUT2D eigenvalue weighted by molar-refractivity contribution is -0.119. The van der Waals surface area contributed by atoms with Gasteiger partial charge in [-0.15, -0.1) is 0 Å². The van der Waals surface area contributed by atoms with Gasteiger partial charge in [-0.3, -0.25) is 9.59 Å². The molecule has 2 N–H and O–H groups in total. The molecule has 6 heteroatoms. The largest absolute Gasteiger partial charge is 0.274 e. The van der Waals surface area contributed by atoms with Crippen LogP contribution in [0.25, 0.3) is 0 Å². The first-order valence-corrected chi connectivity index (χ1v) is 3.21. The van der Waals surface area contributed by atoms with E-state index in [0.29, 0.717) is 0 Å². The van der Waals surface area contributed by atoms with E-state index in [1.807, 2.05) is 0 Å². The van der Waals surface area contributed by atoms with Gasteiger partial charge in [-0.05, 0) is 0 Å². The fraction of sp³-hybridized carbons (Fsp3) is 0.333. The summed E-state index contributed by atoms with van der Waals surface area (Å²) < 4.78 is 0. The predicted octanol–water partition coefficient (Wildman–Crippen LogP) is -0.770. The molecule has 0 aromatic carbocycles. The van der Waals surface area contributed by atoms with Crippen molar-refractivity contribution in [2.45, 2.75) is 13.8 Å². The van der Waals surface area contributed by atoms with Gasteiger partial charge in [0, 0.05) is 13.8 Å². The standard InChI is InChI=1S/C6H10N4O2/c1-5(11)9-7-3-4-8-10-6(2)12/h3-4H,1-2H3,(H,9,11)(H,10,12)/b7-3+,8-4+. The maximum Gasteiger partial charge on any atom is 0.236 e. The molecule has 66 valence electrons. The number of hydrazone groups is 2. The summed E-state index contributed by atoms with van der Waals surface area (Å²) in [5.74, 6) is -0.529. The Bertz CT molecular complexity index is 198. The normalized spacial score (nSPS) is 10.5. The molecule has 0 rings (SSSR count). The number of carbonyl (C=O) groups excluding carboxylic acids is 2. The smallest absolute Gasteiger partial charge is 0.236 e. The first kappa shape index (κ1) is 10.3. The van der Waals surface area contributed by atoms with Gasteiger partial charge in [-0.1, -0.05) is 0 Å². The molecular weight excluding hydrogens is 160 g/mol. The zero-order valence-corrected chi connectivity index (χ0v) is 6.87. The van der Waals surface area contributed by atoms with Crippen LogP contribution in [0.15, 0.2) is 10.2 Å². The SMILES string of the molecule is CC(=O)N/N=C/C=N/NC(C)=O. The molecule has 0 aliphatic carbocycles. The number of nitrogens with zero attached hydrogens (tertiary/aromatic N) is 2. The van der Waals surface area contributed by atoms with Gasteiger partial charge in [0.2, 0.25) is 11.8 Å². The summed E-state index contributed by atoms with van der Waals surface area (Å²) in [7, 11) is 0. The van der Waals surface area contributed by atoms with Gasteiger partial charge in [-0.25, -0.2) is 10.9 Å². The third-order valence-corrected chi connectivity index (χ3v) is 0.660. The second-order valence-electron chi connectivity index (χ2n) is 1.89. The third-order valence-electron chi connectivity index (χ3n) is 0.660. The summed E-state index contributed by atoms with van der Waals surface area (Å²) in [6, 6.07) is 0. The number of hydrogen-bond donors (Lipinski definition) is 2. The highest BCUT2D eigenvalue weighted by Crippen LogP contribution is 1.60. The molecule has 0 saturated carbocycles. The van der Waals surface area contributed by atoms with Crippen LogP contribution in [0, 0.1) is 0 Å². The third kappa shape index (κ3) is 8.28. The number of carbonyl (C=O) groups is 2. The highest BCUT2D eigenvalue weighted by molar-refractivity contribution is 6.16. The van der Waals surface area contributed by atoms with Crippen molar-refractivity contribution >= 4 is 24.2 Å². The molecule has 0 radical (unpaired) electrons. The summed E-state index contributed by atoms with van der Waals surface area (Å²) in [4.78, 5) is 20.5. The molecule has 0 heterocycles. The summed E-state index contributed by atoms with van der Waals surface area (Å²) in [6.07, 6.45) is 2.49. The maximum atomic E-state index is 10.2. The zero-order chi connectivity index (χ0) is 9.40. The van der Waals surface area contributed by atoms with Crippen molar-refractivity contribution in [3.05, 3.63) is 0 Å². The van der Waals surface area contributed by atoms with E-state index in [4.69, 9.17) is 0 Å². The van der Waals surface area contributed by atoms with Crippen molar-refractivity contribution in [2.24, 2.45) is 10.2 Å². The number of rotatable bonds is 3. The highest BCUT2D eigenvalue weighted by atomic mass is 16.2. The molecule has 0 unspecified atom stereocenters. The van der Waals surface area contributed by atoms with Crippen LogP contribution in [0.4, 0.5) is 0 Å². The second kappa shape index (κ2) is 6.02. The van der Waals surface area contributed by atoms with Crippen molar-refractivity contribution < 1.29 is 9.59 Å².